The smallest absolute Gasteiger partial charge is 0.278 e. The molecule has 1 aliphatic rings. The van der Waals surface area contributed by atoms with E-state index in [0.717, 1.165) is 17.1 Å². The van der Waals surface area contributed by atoms with Crippen LogP contribution in [0.25, 0.3) is 5.57 Å². The van der Waals surface area contributed by atoms with Crippen molar-refractivity contribution >= 4 is 17.4 Å². The Bertz CT molecular complexity index is 679. The number of rotatable bonds is 9. The summed E-state index contributed by atoms with van der Waals surface area (Å²) in [6.07, 6.45) is 2.43. The standard InChI is InChI=1S/C19H24N2O4/c1-4-10-21-18(23)16(17(19(21)24)20(3)11-12-22)14-6-8-15(9-7-14)25-13-5-2/h4,6-9,22H,1,5,10-13H2,2-3H3. The largest absolute Gasteiger partial charge is 0.494 e. The molecule has 2 rings (SSSR count). The Morgan fingerprint density at radius 1 is 1.24 bits per heavy atom. The minimum absolute atomic E-state index is 0.111. The summed E-state index contributed by atoms with van der Waals surface area (Å²) in [5, 5.41) is 9.19. The van der Waals surface area contributed by atoms with Gasteiger partial charge in [-0.1, -0.05) is 25.1 Å². The molecule has 6 nitrogen and oxygen atoms in total. The van der Waals surface area contributed by atoms with Gasteiger partial charge < -0.3 is 14.7 Å². The van der Waals surface area contributed by atoms with Crippen molar-refractivity contribution in [3.05, 3.63) is 48.2 Å². The Labute approximate surface area is 148 Å². The average Bonchev–Trinajstić information content (AvgIpc) is 2.85. The van der Waals surface area contributed by atoms with Crippen LogP contribution >= 0.6 is 0 Å². The molecular weight excluding hydrogens is 320 g/mol. The van der Waals surface area contributed by atoms with Gasteiger partial charge in [0.25, 0.3) is 11.8 Å². The van der Waals surface area contributed by atoms with E-state index in [1.165, 1.54) is 6.08 Å². The predicted molar refractivity (Wildman–Crippen MR) is 95.8 cm³/mol. The van der Waals surface area contributed by atoms with Crippen molar-refractivity contribution < 1.29 is 19.4 Å². The molecule has 0 unspecified atom stereocenters. The maximum atomic E-state index is 12.8. The lowest BCUT2D eigenvalue weighted by Crippen LogP contribution is -2.34. The lowest BCUT2D eigenvalue weighted by Gasteiger charge is -2.19. The van der Waals surface area contributed by atoms with Crippen molar-refractivity contribution in [3.63, 3.8) is 0 Å². The first-order valence-electron chi connectivity index (χ1n) is 8.31. The third kappa shape index (κ3) is 3.91. The quantitative estimate of drug-likeness (QED) is 0.545. The number of hydrogen-bond acceptors (Lipinski definition) is 5. The van der Waals surface area contributed by atoms with Crippen molar-refractivity contribution in [2.24, 2.45) is 0 Å². The van der Waals surface area contributed by atoms with Crippen LogP contribution in [0.1, 0.15) is 18.9 Å². The molecule has 1 aromatic carbocycles. The van der Waals surface area contributed by atoms with Crippen LogP contribution in [-0.2, 0) is 9.59 Å². The zero-order valence-electron chi connectivity index (χ0n) is 14.7. The Hall–Kier alpha value is -2.60. The van der Waals surface area contributed by atoms with Crippen LogP contribution in [0, 0.1) is 0 Å². The highest BCUT2D eigenvalue weighted by Crippen LogP contribution is 2.31. The summed E-state index contributed by atoms with van der Waals surface area (Å²) in [4.78, 5) is 28.2. The molecule has 0 aliphatic carbocycles. The molecule has 2 amide bonds. The third-order valence-corrected chi connectivity index (χ3v) is 3.89. The Balaban J connectivity index is 2.42. The van der Waals surface area contributed by atoms with E-state index in [-0.39, 0.29) is 31.5 Å². The van der Waals surface area contributed by atoms with E-state index in [0.29, 0.717) is 23.4 Å². The molecule has 1 N–H and O–H groups in total. The van der Waals surface area contributed by atoms with Gasteiger partial charge >= 0.3 is 0 Å². The molecule has 134 valence electrons. The van der Waals surface area contributed by atoms with Crippen LogP contribution in [0.2, 0.25) is 0 Å². The lowest BCUT2D eigenvalue weighted by atomic mass is 10.0. The summed E-state index contributed by atoms with van der Waals surface area (Å²) in [5.74, 6) is -0.00902. The number of carbonyl (C=O) groups excluding carboxylic acids is 2. The minimum Gasteiger partial charge on any atom is -0.494 e. The maximum Gasteiger partial charge on any atom is 0.278 e. The van der Waals surface area contributed by atoms with Gasteiger partial charge in [-0.15, -0.1) is 6.58 Å². The van der Waals surface area contributed by atoms with Crippen LogP contribution in [0.15, 0.2) is 42.6 Å². The number of aliphatic hydroxyl groups excluding tert-OH is 1. The van der Waals surface area contributed by atoms with Crippen LogP contribution in [-0.4, -0.2) is 60.1 Å². The Kier molecular flexibility index (Phi) is 6.36. The number of aliphatic hydroxyl groups is 1. The summed E-state index contributed by atoms with van der Waals surface area (Å²) in [6.45, 7) is 6.55. The van der Waals surface area contributed by atoms with Crippen molar-refractivity contribution in [2.45, 2.75) is 13.3 Å². The van der Waals surface area contributed by atoms with E-state index in [1.807, 2.05) is 6.92 Å². The molecule has 0 bridgehead atoms. The highest BCUT2D eigenvalue weighted by atomic mass is 16.5. The number of ether oxygens (including phenoxy) is 1. The molecule has 6 heteroatoms. The van der Waals surface area contributed by atoms with Crippen molar-refractivity contribution in [1.82, 2.24) is 9.80 Å². The number of likely N-dealkylation sites (N-methyl/N-ethyl adjacent to an activating group) is 1. The maximum absolute atomic E-state index is 12.8. The SMILES string of the molecule is C=CCN1C(=O)C(c2ccc(OCCC)cc2)=C(N(C)CCO)C1=O. The second-order valence-electron chi connectivity index (χ2n) is 5.75. The minimum atomic E-state index is -0.373. The summed E-state index contributed by atoms with van der Waals surface area (Å²) in [6, 6.07) is 7.12. The molecule has 0 saturated heterocycles. The molecule has 0 spiro atoms. The van der Waals surface area contributed by atoms with Crippen LogP contribution in [0.3, 0.4) is 0 Å². The Morgan fingerprint density at radius 2 is 1.92 bits per heavy atom. The van der Waals surface area contributed by atoms with E-state index in [9.17, 15) is 14.7 Å². The molecule has 0 radical (unpaired) electrons. The van der Waals surface area contributed by atoms with Gasteiger partial charge in [0.1, 0.15) is 11.4 Å². The number of amides is 2. The van der Waals surface area contributed by atoms with Gasteiger partial charge in [0.15, 0.2) is 0 Å². The number of imide groups is 1. The first-order chi connectivity index (χ1) is 12.0. The second kappa shape index (κ2) is 8.48. The number of carbonyl (C=O) groups is 2. The summed E-state index contributed by atoms with van der Waals surface area (Å²) >= 11 is 0. The fourth-order valence-corrected chi connectivity index (χ4v) is 2.67. The van der Waals surface area contributed by atoms with Gasteiger partial charge in [-0.2, -0.15) is 0 Å². The van der Waals surface area contributed by atoms with E-state index in [2.05, 4.69) is 6.58 Å². The Morgan fingerprint density at radius 3 is 2.48 bits per heavy atom. The normalized spacial score (nSPS) is 14.3. The monoisotopic (exact) mass is 344 g/mol. The second-order valence-corrected chi connectivity index (χ2v) is 5.75. The summed E-state index contributed by atoms with van der Waals surface area (Å²) in [7, 11) is 1.69. The highest BCUT2D eigenvalue weighted by molar-refractivity contribution is 6.35. The van der Waals surface area contributed by atoms with Crippen molar-refractivity contribution in [1.29, 1.82) is 0 Å². The van der Waals surface area contributed by atoms with E-state index >= 15 is 0 Å². The molecule has 0 saturated carbocycles. The molecular formula is C19H24N2O4. The fraction of sp³-hybridized carbons (Fsp3) is 0.368. The summed E-state index contributed by atoms with van der Waals surface area (Å²) in [5.41, 5.74) is 1.28. The van der Waals surface area contributed by atoms with Crippen LogP contribution < -0.4 is 4.74 Å². The van der Waals surface area contributed by atoms with Gasteiger partial charge in [-0.05, 0) is 24.1 Å². The van der Waals surface area contributed by atoms with Gasteiger partial charge in [-0.3, -0.25) is 14.5 Å². The van der Waals surface area contributed by atoms with Crippen molar-refractivity contribution in [2.75, 3.05) is 33.4 Å². The van der Waals surface area contributed by atoms with Crippen LogP contribution in [0.4, 0.5) is 0 Å². The van der Waals surface area contributed by atoms with E-state index in [4.69, 9.17) is 4.74 Å². The zero-order chi connectivity index (χ0) is 18.4. The molecule has 1 aromatic rings. The zero-order valence-corrected chi connectivity index (χ0v) is 14.7. The molecule has 0 atom stereocenters. The first kappa shape index (κ1) is 18.7. The molecule has 0 aromatic heterocycles. The van der Waals surface area contributed by atoms with E-state index < -0.39 is 0 Å². The number of nitrogens with zero attached hydrogens (tertiary/aromatic N) is 2. The van der Waals surface area contributed by atoms with Crippen LogP contribution in [0.5, 0.6) is 5.75 Å². The van der Waals surface area contributed by atoms with Gasteiger partial charge in [0, 0.05) is 20.1 Å². The topological polar surface area (TPSA) is 70.1 Å². The predicted octanol–water partition coefficient (Wildman–Crippen LogP) is 1.67. The summed E-state index contributed by atoms with van der Waals surface area (Å²) < 4.78 is 5.56. The van der Waals surface area contributed by atoms with Crippen molar-refractivity contribution in [3.8, 4) is 5.75 Å². The number of hydrogen-bond donors (Lipinski definition) is 1. The lowest BCUT2D eigenvalue weighted by molar-refractivity contribution is -0.136. The molecule has 0 fully saturated rings. The highest BCUT2D eigenvalue weighted by Gasteiger charge is 2.39. The average molecular weight is 344 g/mol. The van der Waals surface area contributed by atoms with Gasteiger partial charge in [-0.25, -0.2) is 0 Å². The molecule has 1 heterocycles. The number of benzene rings is 1. The van der Waals surface area contributed by atoms with Gasteiger partial charge in [0.05, 0.1) is 18.8 Å². The third-order valence-electron chi connectivity index (χ3n) is 3.89. The molecule has 1 aliphatic heterocycles. The molecule has 25 heavy (non-hydrogen) atoms. The first-order valence-corrected chi connectivity index (χ1v) is 8.31. The van der Waals surface area contributed by atoms with E-state index in [1.54, 1.807) is 36.2 Å². The van der Waals surface area contributed by atoms with Gasteiger partial charge in [0.2, 0.25) is 0 Å². The fourth-order valence-electron chi connectivity index (χ4n) is 2.67.